The summed E-state index contributed by atoms with van der Waals surface area (Å²) >= 11 is 3.65. The quantitative estimate of drug-likeness (QED) is 0.314. The van der Waals surface area contributed by atoms with E-state index in [1.54, 1.807) is 31.2 Å². The topological polar surface area (TPSA) is 67.8 Å². The maximum atomic E-state index is 11.7. The smallest absolute Gasteiger partial charge is 0.251 e. The molecule has 0 heterocycles. The highest BCUT2D eigenvalue weighted by Gasteiger charge is 2.07. The molecule has 0 bridgehead atoms. The molecule has 0 fully saturated rings. The van der Waals surface area contributed by atoms with Crippen molar-refractivity contribution in [2.75, 3.05) is 6.54 Å². The lowest BCUT2D eigenvalue weighted by Crippen LogP contribution is -2.30. The van der Waals surface area contributed by atoms with Crippen LogP contribution in [0.5, 0.6) is 0 Å². The number of carbonyl (C=O) groups is 1. The fourth-order valence-corrected chi connectivity index (χ4v) is 1.28. The van der Waals surface area contributed by atoms with Gasteiger partial charge in [0.1, 0.15) is 6.61 Å². The minimum Gasteiger partial charge on any atom is -0.349 e. The summed E-state index contributed by atoms with van der Waals surface area (Å²) in [5.41, 5.74) is 1.33. The van der Waals surface area contributed by atoms with Gasteiger partial charge in [-0.2, -0.15) is 0 Å². The Kier molecular flexibility index (Phi) is 5.99. The number of hydrogen-bond donors (Lipinski definition) is 3. The Morgan fingerprint density at radius 3 is 2.65 bits per heavy atom. The predicted octanol–water partition coefficient (Wildman–Crippen LogP) is 1.66. The number of amides is 1. The molecule has 0 spiro atoms. The van der Waals surface area contributed by atoms with Gasteiger partial charge in [-0.25, -0.2) is 4.89 Å². The van der Waals surface area contributed by atoms with Crippen LogP contribution in [0.3, 0.4) is 0 Å². The molecule has 1 atom stereocenters. The zero-order valence-electron chi connectivity index (χ0n) is 9.42. The van der Waals surface area contributed by atoms with Crippen molar-refractivity contribution in [3.05, 3.63) is 35.4 Å². The van der Waals surface area contributed by atoms with Gasteiger partial charge >= 0.3 is 0 Å². The van der Waals surface area contributed by atoms with Gasteiger partial charge in [0.15, 0.2) is 0 Å². The first kappa shape index (κ1) is 14.0. The van der Waals surface area contributed by atoms with Gasteiger partial charge in [-0.1, -0.05) is 12.1 Å². The van der Waals surface area contributed by atoms with E-state index in [0.717, 1.165) is 5.56 Å². The van der Waals surface area contributed by atoms with Crippen molar-refractivity contribution in [1.82, 2.24) is 5.32 Å². The zero-order chi connectivity index (χ0) is 12.7. The molecule has 0 saturated heterocycles. The molecule has 0 saturated carbocycles. The van der Waals surface area contributed by atoms with Gasteiger partial charge in [-0.05, 0) is 37.5 Å². The number of benzene rings is 1. The molecule has 0 radical (unpaired) electrons. The average Bonchev–Trinajstić information content (AvgIpc) is 2.36. The molecular weight excluding hydrogens is 242 g/mol. The first-order chi connectivity index (χ1) is 8.17. The van der Waals surface area contributed by atoms with E-state index < -0.39 is 0 Å². The van der Waals surface area contributed by atoms with Crippen molar-refractivity contribution in [2.24, 2.45) is 0 Å². The van der Waals surface area contributed by atoms with Crippen LogP contribution in [0, 0.1) is 0 Å². The van der Waals surface area contributed by atoms with Crippen LogP contribution in [0.25, 0.3) is 0 Å². The molecular formula is C11H15NO4S. The Morgan fingerprint density at radius 2 is 2.12 bits per heavy atom. The standard InChI is InChI=1S/C11H15NO4S/c1-8(16-17)6-12-11(13)10-4-2-9(3-5-10)7-15-14/h2-5,8,14,17H,6-7H2,1H3,(H,12,13). The molecule has 0 aliphatic rings. The molecule has 6 heteroatoms. The fourth-order valence-electron chi connectivity index (χ4n) is 1.20. The van der Waals surface area contributed by atoms with Gasteiger partial charge in [-0.3, -0.25) is 10.1 Å². The summed E-state index contributed by atoms with van der Waals surface area (Å²) in [6.07, 6.45) is -0.149. The van der Waals surface area contributed by atoms with E-state index in [-0.39, 0.29) is 18.6 Å². The molecule has 1 rings (SSSR count). The minimum absolute atomic E-state index is 0.104. The number of carbonyl (C=O) groups excluding carboxylic acids is 1. The van der Waals surface area contributed by atoms with Crippen LogP contribution in [0.1, 0.15) is 22.8 Å². The Balaban J connectivity index is 2.51. The van der Waals surface area contributed by atoms with E-state index in [2.05, 4.69) is 23.1 Å². The molecule has 0 aliphatic heterocycles. The van der Waals surface area contributed by atoms with Crippen molar-refractivity contribution in [1.29, 1.82) is 0 Å². The normalized spacial score (nSPS) is 12.2. The molecule has 94 valence electrons. The second-order valence-electron chi connectivity index (χ2n) is 3.60. The Hall–Kier alpha value is -1.08. The van der Waals surface area contributed by atoms with Crippen molar-refractivity contribution >= 4 is 18.8 Å². The number of hydrogen-bond acceptors (Lipinski definition) is 5. The average molecular weight is 257 g/mol. The van der Waals surface area contributed by atoms with E-state index in [9.17, 15) is 4.79 Å². The van der Waals surface area contributed by atoms with Gasteiger partial charge in [0, 0.05) is 12.1 Å². The van der Waals surface area contributed by atoms with Crippen LogP contribution in [0.4, 0.5) is 0 Å². The fraction of sp³-hybridized carbons (Fsp3) is 0.364. The van der Waals surface area contributed by atoms with Gasteiger partial charge < -0.3 is 9.50 Å². The van der Waals surface area contributed by atoms with E-state index in [1.165, 1.54) is 0 Å². The summed E-state index contributed by atoms with van der Waals surface area (Å²) in [6.45, 7) is 2.30. The molecule has 1 aromatic carbocycles. The lowest BCUT2D eigenvalue weighted by Gasteiger charge is -2.09. The van der Waals surface area contributed by atoms with Crippen molar-refractivity contribution in [3.8, 4) is 0 Å². The van der Waals surface area contributed by atoms with Gasteiger partial charge in [0.05, 0.1) is 6.10 Å². The van der Waals surface area contributed by atoms with E-state index in [0.29, 0.717) is 12.1 Å². The highest BCUT2D eigenvalue weighted by molar-refractivity contribution is 7.75. The summed E-state index contributed by atoms with van der Waals surface area (Å²) in [6, 6.07) is 6.75. The van der Waals surface area contributed by atoms with Crippen LogP contribution in [0.2, 0.25) is 0 Å². The first-order valence-corrected chi connectivity index (χ1v) is 5.47. The highest BCUT2D eigenvalue weighted by atomic mass is 32.1. The molecule has 0 aliphatic carbocycles. The Labute approximate surface area is 105 Å². The van der Waals surface area contributed by atoms with Crippen molar-refractivity contribution in [3.63, 3.8) is 0 Å². The molecule has 1 amide bonds. The molecule has 17 heavy (non-hydrogen) atoms. The van der Waals surface area contributed by atoms with E-state index >= 15 is 0 Å². The summed E-state index contributed by atoms with van der Waals surface area (Å²) in [5.74, 6) is -0.182. The van der Waals surface area contributed by atoms with Crippen LogP contribution < -0.4 is 5.32 Å². The maximum Gasteiger partial charge on any atom is 0.251 e. The first-order valence-electron chi connectivity index (χ1n) is 5.11. The second kappa shape index (κ2) is 7.29. The van der Waals surface area contributed by atoms with E-state index in [1.807, 2.05) is 0 Å². The molecule has 2 N–H and O–H groups in total. The van der Waals surface area contributed by atoms with Crippen LogP contribution in [-0.4, -0.2) is 23.8 Å². The van der Waals surface area contributed by atoms with Gasteiger partial charge in [-0.15, -0.1) is 0 Å². The molecule has 0 aromatic heterocycles. The molecule has 1 aromatic rings. The summed E-state index contributed by atoms with van der Waals surface area (Å²) in [4.78, 5) is 15.7. The number of thiol groups is 1. The SMILES string of the molecule is CC(CNC(=O)c1ccc(COO)cc1)OS. The third-order valence-electron chi connectivity index (χ3n) is 2.18. The van der Waals surface area contributed by atoms with Gasteiger partial charge in [0.2, 0.25) is 0 Å². The minimum atomic E-state index is -0.182. The van der Waals surface area contributed by atoms with Crippen LogP contribution >= 0.6 is 12.9 Å². The number of rotatable bonds is 6. The second-order valence-corrected chi connectivity index (χ2v) is 3.81. The Bertz CT molecular complexity index is 355. The van der Waals surface area contributed by atoms with Gasteiger partial charge in [0.25, 0.3) is 5.91 Å². The lowest BCUT2D eigenvalue weighted by atomic mass is 10.1. The summed E-state index contributed by atoms with van der Waals surface area (Å²) in [5, 5.41) is 11.0. The monoisotopic (exact) mass is 257 g/mol. The van der Waals surface area contributed by atoms with Crippen molar-refractivity contribution in [2.45, 2.75) is 19.6 Å². The number of nitrogens with one attached hydrogen (secondary N) is 1. The van der Waals surface area contributed by atoms with Crippen LogP contribution in [0.15, 0.2) is 24.3 Å². The predicted molar refractivity (Wildman–Crippen MR) is 65.7 cm³/mol. The highest BCUT2D eigenvalue weighted by Crippen LogP contribution is 2.05. The molecule has 5 nitrogen and oxygen atoms in total. The Morgan fingerprint density at radius 1 is 1.47 bits per heavy atom. The molecule has 1 unspecified atom stereocenters. The largest absolute Gasteiger partial charge is 0.349 e. The van der Waals surface area contributed by atoms with Crippen molar-refractivity contribution < 1.29 is 19.1 Å². The zero-order valence-corrected chi connectivity index (χ0v) is 10.3. The van der Waals surface area contributed by atoms with Crippen LogP contribution in [-0.2, 0) is 15.7 Å². The lowest BCUT2D eigenvalue weighted by molar-refractivity contribution is -0.253. The third-order valence-corrected chi connectivity index (χ3v) is 2.54. The summed E-state index contributed by atoms with van der Waals surface area (Å²) in [7, 11) is 0. The van der Waals surface area contributed by atoms with E-state index in [4.69, 9.17) is 9.44 Å². The third kappa shape index (κ3) is 4.74. The maximum absolute atomic E-state index is 11.7. The summed E-state index contributed by atoms with van der Waals surface area (Å²) < 4.78 is 4.72.